The summed E-state index contributed by atoms with van der Waals surface area (Å²) in [5.41, 5.74) is 1.29. The molecule has 9 heteroatoms. The van der Waals surface area contributed by atoms with E-state index in [1.807, 2.05) is 13.8 Å². The van der Waals surface area contributed by atoms with Gasteiger partial charge < -0.3 is 15.4 Å². The van der Waals surface area contributed by atoms with Crippen LogP contribution in [0.3, 0.4) is 0 Å². The molecule has 32 heavy (non-hydrogen) atoms. The Hall–Kier alpha value is -3.07. The summed E-state index contributed by atoms with van der Waals surface area (Å²) in [6, 6.07) is 13.3. The normalized spacial score (nSPS) is 12.0. The SMILES string of the molecule is CCCCNC(=O)c1ccccc1NC(=O)C(CC)Oc1ccc(N(C)S(C)(=O)=O)cc1. The van der Waals surface area contributed by atoms with Crippen LogP contribution in [-0.4, -0.2) is 46.2 Å². The Labute approximate surface area is 190 Å². The van der Waals surface area contributed by atoms with E-state index >= 15 is 0 Å². The van der Waals surface area contributed by atoms with Crippen molar-refractivity contribution in [2.24, 2.45) is 0 Å². The van der Waals surface area contributed by atoms with Gasteiger partial charge >= 0.3 is 0 Å². The number of hydrogen-bond donors (Lipinski definition) is 2. The molecule has 2 amide bonds. The van der Waals surface area contributed by atoms with E-state index in [2.05, 4.69) is 10.6 Å². The quantitative estimate of drug-likeness (QED) is 0.499. The van der Waals surface area contributed by atoms with Gasteiger partial charge in [-0.3, -0.25) is 13.9 Å². The van der Waals surface area contributed by atoms with E-state index in [0.717, 1.165) is 23.4 Å². The number of nitrogens with one attached hydrogen (secondary N) is 2. The van der Waals surface area contributed by atoms with Gasteiger partial charge in [0.05, 0.1) is 23.2 Å². The number of nitrogens with zero attached hydrogens (tertiary/aromatic N) is 1. The fourth-order valence-corrected chi connectivity index (χ4v) is 3.39. The molecule has 0 aliphatic rings. The fourth-order valence-electron chi connectivity index (χ4n) is 2.89. The summed E-state index contributed by atoms with van der Waals surface area (Å²) in [5.74, 6) is -0.184. The summed E-state index contributed by atoms with van der Waals surface area (Å²) in [4.78, 5) is 25.3. The van der Waals surface area contributed by atoms with Crippen LogP contribution in [0.5, 0.6) is 5.75 Å². The molecular weight excluding hydrogens is 430 g/mol. The van der Waals surface area contributed by atoms with Crippen molar-refractivity contribution in [1.29, 1.82) is 0 Å². The number of ether oxygens (including phenoxy) is 1. The number of carbonyl (C=O) groups excluding carboxylic acids is 2. The molecule has 0 saturated heterocycles. The molecule has 0 heterocycles. The molecule has 0 aromatic heterocycles. The molecule has 174 valence electrons. The second kappa shape index (κ2) is 11.5. The minimum atomic E-state index is -3.37. The van der Waals surface area contributed by atoms with Crippen LogP contribution in [0.15, 0.2) is 48.5 Å². The molecule has 0 bridgehead atoms. The maximum atomic E-state index is 12.8. The molecule has 0 fully saturated rings. The second-order valence-corrected chi connectivity index (χ2v) is 9.40. The van der Waals surface area contributed by atoms with Gasteiger partial charge in [-0.05, 0) is 49.2 Å². The van der Waals surface area contributed by atoms with E-state index in [1.165, 1.54) is 7.05 Å². The Morgan fingerprint density at radius 2 is 1.72 bits per heavy atom. The molecule has 0 spiro atoms. The van der Waals surface area contributed by atoms with Gasteiger partial charge in [0, 0.05) is 13.6 Å². The predicted molar refractivity (Wildman–Crippen MR) is 127 cm³/mol. The highest BCUT2D eigenvalue weighted by Crippen LogP contribution is 2.22. The molecular formula is C23H31N3O5S. The molecule has 2 aromatic rings. The average Bonchev–Trinajstić information content (AvgIpc) is 2.77. The molecule has 0 aliphatic carbocycles. The molecule has 2 N–H and O–H groups in total. The first kappa shape index (κ1) is 25.2. The molecule has 8 nitrogen and oxygen atoms in total. The van der Waals surface area contributed by atoms with Crippen molar-refractivity contribution in [1.82, 2.24) is 5.32 Å². The summed E-state index contributed by atoms with van der Waals surface area (Å²) in [6.45, 7) is 4.44. The Kier molecular flexibility index (Phi) is 9.07. The van der Waals surface area contributed by atoms with Gasteiger partial charge in [0.2, 0.25) is 10.0 Å². The average molecular weight is 462 g/mol. The van der Waals surface area contributed by atoms with E-state index in [4.69, 9.17) is 4.74 Å². The maximum absolute atomic E-state index is 12.8. The maximum Gasteiger partial charge on any atom is 0.265 e. The lowest BCUT2D eigenvalue weighted by atomic mass is 10.1. The topological polar surface area (TPSA) is 105 Å². The van der Waals surface area contributed by atoms with Gasteiger partial charge in [-0.25, -0.2) is 8.42 Å². The van der Waals surface area contributed by atoms with Gasteiger partial charge in [-0.15, -0.1) is 0 Å². The smallest absolute Gasteiger partial charge is 0.265 e. The lowest BCUT2D eigenvalue weighted by molar-refractivity contribution is -0.122. The zero-order valence-corrected chi connectivity index (χ0v) is 19.7. The van der Waals surface area contributed by atoms with Crippen LogP contribution in [0, 0.1) is 0 Å². The summed E-state index contributed by atoms with van der Waals surface area (Å²) in [7, 11) is -1.91. The summed E-state index contributed by atoms with van der Waals surface area (Å²) >= 11 is 0. The predicted octanol–water partition coefficient (Wildman–Crippen LogP) is 3.41. The third-order valence-corrected chi connectivity index (χ3v) is 6.09. The number of sulfonamides is 1. The number of benzene rings is 2. The van der Waals surface area contributed by atoms with Gasteiger partial charge in [0.15, 0.2) is 6.10 Å². The van der Waals surface area contributed by atoms with Crippen molar-refractivity contribution in [3.63, 3.8) is 0 Å². The Bertz CT molecular complexity index is 1020. The standard InChI is InChI=1S/C23H31N3O5S/c1-5-7-16-24-22(27)19-10-8-9-11-20(19)25-23(28)21(6-2)31-18-14-12-17(13-15-18)26(3)32(4,29)30/h8-15,21H,5-7,16H2,1-4H3,(H,24,27)(H,25,28). The number of unbranched alkanes of at least 4 members (excludes halogenated alkanes) is 1. The largest absolute Gasteiger partial charge is 0.481 e. The van der Waals surface area contributed by atoms with Crippen LogP contribution in [0.25, 0.3) is 0 Å². The van der Waals surface area contributed by atoms with Crippen molar-refractivity contribution in [3.05, 3.63) is 54.1 Å². The molecule has 0 saturated carbocycles. The van der Waals surface area contributed by atoms with E-state index in [0.29, 0.717) is 35.7 Å². The molecule has 2 rings (SSSR count). The van der Waals surface area contributed by atoms with Crippen LogP contribution < -0.4 is 19.7 Å². The molecule has 1 unspecified atom stereocenters. The zero-order chi connectivity index (χ0) is 23.7. The van der Waals surface area contributed by atoms with Crippen molar-refractivity contribution >= 4 is 33.2 Å². The highest BCUT2D eigenvalue weighted by Gasteiger charge is 2.21. The highest BCUT2D eigenvalue weighted by molar-refractivity contribution is 7.92. The van der Waals surface area contributed by atoms with Gasteiger partial charge in [0.25, 0.3) is 11.8 Å². The second-order valence-electron chi connectivity index (χ2n) is 7.38. The Morgan fingerprint density at radius 1 is 1.06 bits per heavy atom. The van der Waals surface area contributed by atoms with E-state index in [1.54, 1.807) is 48.5 Å². The van der Waals surface area contributed by atoms with Crippen LogP contribution >= 0.6 is 0 Å². The number of rotatable bonds is 11. The first-order valence-corrected chi connectivity index (χ1v) is 12.4. The zero-order valence-electron chi connectivity index (χ0n) is 18.9. The number of amides is 2. The van der Waals surface area contributed by atoms with Crippen LogP contribution in [0.1, 0.15) is 43.5 Å². The van der Waals surface area contributed by atoms with Crippen molar-refractivity contribution < 1.29 is 22.7 Å². The summed E-state index contributed by atoms with van der Waals surface area (Å²) in [6.07, 6.45) is 2.59. The minimum Gasteiger partial charge on any atom is -0.481 e. The number of anilines is 2. The first-order valence-electron chi connectivity index (χ1n) is 10.6. The van der Waals surface area contributed by atoms with Gasteiger partial charge in [0.1, 0.15) is 5.75 Å². The lowest BCUT2D eigenvalue weighted by Gasteiger charge is -2.20. The third-order valence-electron chi connectivity index (χ3n) is 4.88. The highest BCUT2D eigenvalue weighted by atomic mass is 32.2. The fraction of sp³-hybridized carbons (Fsp3) is 0.391. The first-order chi connectivity index (χ1) is 15.2. The van der Waals surface area contributed by atoms with Gasteiger partial charge in [-0.2, -0.15) is 0 Å². The van der Waals surface area contributed by atoms with Crippen LogP contribution in [0.2, 0.25) is 0 Å². The van der Waals surface area contributed by atoms with Crippen LogP contribution in [-0.2, 0) is 14.8 Å². The van der Waals surface area contributed by atoms with Crippen molar-refractivity contribution in [3.8, 4) is 5.75 Å². The number of para-hydroxylation sites is 1. The van der Waals surface area contributed by atoms with Crippen molar-refractivity contribution in [2.45, 2.75) is 39.2 Å². The lowest BCUT2D eigenvalue weighted by Crippen LogP contribution is -2.33. The van der Waals surface area contributed by atoms with E-state index in [9.17, 15) is 18.0 Å². The Balaban J connectivity index is 2.09. The molecule has 0 radical (unpaired) electrons. The van der Waals surface area contributed by atoms with E-state index in [-0.39, 0.29) is 11.8 Å². The van der Waals surface area contributed by atoms with Crippen molar-refractivity contribution in [2.75, 3.05) is 29.5 Å². The summed E-state index contributed by atoms with van der Waals surface area (Å²) in [5, 5.41) is 5.64. The molecule has 1 atom stereocenters. The van der Waals surface area contributed by atoms with Gasteiger partial charge in [-0.1, -0.05) is 32.4 Å². The summed E-state index contributed by atoms with van der Waals surface area (Å²) < 4.78 is 30.3. The minimum absolute atomic E-state index is 0.242. The molecule has 2 aromatic carbocycles. The monoisotopic (exact) mass is 461 g/mol. The number of hydrogen-bond acceptors (Lipinski definition) is 5. The number of carbonyl (C=O) groups is 2. The molecule has 0 aliphatic heterocycles. The van der Waals surface area contributed by atoms with E-state index < -0.39 is 16.1 Å². The third kappa shape index (κ3) is 6.98. The Morgan fingerprint density at radius 3 is 2.31 bits per heavy atom. The van der Waals surface area contributed by atoms with Crippen LogP contribution in [0.4, 0.5) is 11.4 Å².